The Morgan fingerprint density at radius 2 is 2.07 bits per heavy atom. The minimum absolute atomic E-state index is 0.0400. The lowest BCUT2D eigenvalue weighted by Gasteiger charge is -2.40. The first-order valence-electron chi connectivity index (χ1n) is 13.3. The van der Waals surface area contributed by atoms with E-state index in [1.54, 1.807) is 19.0 Å². The fourth-order valence-electron chi connectivity index (χ4n) is 3.77. The Morgan fingerprint density at radius 1 is 1.36 bits per heavy atom. The Morgan fingerprint density at radius 3 is 2.67 bits per heavy atom. The maximum Gasteiger partial charge on any atom is 0.475 e. The summed E-state index contributed by atoms with van der Waals surface area (Å²) in [7, 11) is -3.32. The monoisotopic (exact) mass is 625 g/mol. The van der Waals surface area contributed by atoms with Crippen LogP contribution in [0, 0.1) is 11.3 Å². The van der Waals surface area contributed by atoms with Crippen LogP contribution in [0.15, 0.2) is 28.8 Å². The van der Waals surface area contributed by atoms with Crippen LogP contribution in [0.2, 0.25) is 18.1 Å². The summed E-state index contributed by atoms with van der Waals surface area (Å²) in [5.41, 5.74) is -0.311. The highest BCUT2D eigenvalue weighted by Gasteiger charge is 2.54. The topological polar surface area (TPSA) is 186 Å². The van der Waals surface area contributed by atoms with Gasteiger partial charge in [-0.2, -0.15) is 10.2 Å². The zero-order valence-electron chi connectivity index (χ0n) is 25.0. The molecule has 232 valence electrons. The molecule has 15 nitrogen and oxygen atoms in total. The quantitative estimate of drug-likeness (QED) is 0.0781. The molecule has 0 radical (unpaired) electrons. The molecule has 3 rings (SSSR count). The largest absolute Gasteiger partial charge is 0.475 e. The molecule has 1 unspecified atom stereocenters. The third-order valence-corrected chi connectivity index (χ3v) is 12.8. The lowest BCUT2D eigenvalue weighted by atomic mass is 10.1. The maximum absolute atomic E-state index is 13.7. The SMILES string of the molecule is C=CCOP(=O)(OCCC#N)O[C@H]1[C@@H](O[Si](C)(C)C(C)(C)C)[C@H](n2cnc3c(=O)[nH]c(N=CN(C)C)nc32)O[C@@H]1CO. The van der Waals surface area contributed by atoms with E-state index in [0.29, 0.717) is 0 Å². The zero-order valence-corrected chi connectivity index (χ0v) is 26.9. The van der Waals surface area contributed by atoms with Crippen molar-refractivity contribution < 1.29 is 32.4 Å². The number of ether oxygens (including phenoxy) is 1. The molecular formula is C25H40N7O8PSi. The van der Waals surface area contributed by atoms with Crippen LogP contribution in [-0.4, -0.2) is 96.4 Å². The molecule has 1 fully saturated rings. The molecule has 2 aromatic rings. The van der Waals surface area contributed by atoms with E-state index < -0.39 is 52.8 Å². The summed E-state index contributed by atoms with van der Waals surface area (Å²) >= 11 is 0. The number of nitrogens with one attached hydrogen (secondary N) is 1. The molecule has 5 atom stereocenters. The minimum Gasteiger partial charge on any atom is -0.407 e. The Labute approximate surface area is 245 Å². The lowest BCUT2D eigenvalue weighted by molar-refractivity contribution is -0.0501. The number of H-pyrrole nitrogens is 1. The minimum atomic E-state index is -4.29. The first-order chi connectivity index (χ1) is 19.7. The van der Waals surface area contributed by atoms with E-state index in [1.165, 1.54) is 23.3 Å². The van der Waals surface area contributed by atoms with Gasteiger partial charge in [0.1, 0.15) is 18.3 Å². The van der Waals surface area contributed by atoms with Gasteiger partial charge in [-0.25, -0.2) is 14.5 Å². The second-order valence-corrected chi connectivity index (χ2v) is 17.7. The molecule has 1 aliphatic heterocycles. The lowest BCUT2D eigenvalue weighted by Crippen LogP contribution is -2.49. The number of aromatic amines is 1. The van der Waals surface area contributed by atoms with Gasteiger partial charge in [0, 0.05) is 14.1 Å². The van der Waals surface area contributed by atoms with Crippen molar-refractivity contribution in [2.24, 2.45) is 4.99 Å². The zero-order chi connectivity index (χ0) is 31.3. The van der Waals surface area contributed by atoms with E-state index in [4.69, 9.17) is 28.0 Å². The van der Waals surface area contributed by atoms with Crippen molar-refractivity contribution in [3.05, 3.63) is 29.3 Å². The van der Waals surface area contributed by atoms with Crippen LogP contribution < -0.4 is 5.56 Å². The van der Waals surface area contributed by atoms with Crippen molar-refractivity contribution in [2.75, 3.05) is 33.9 Å². The summed E-state index contributed by atoms with van der Waals surface area (Å²) in [5, 5.41) is 19.0. The van der Waals surface area contributed by atoms with Gasteiger partial charge >= 0.3 is 7.82 Å². The van der Waals surface area contributed by atoms with E-state index in [0.717, 1.165) is 0 Å². The summed E-state index contributed by atoms with van der Waals surface area (Å²) < 4.78 is 45.0. The third-order valence-electron chi connectivity index (χ3n) is 6.87. The van der Waals surface area contributed by atoms with E-state index >= 15 is 0 Å². The number of hydrogen-bond acceptors (Lipinski definition) is 12. The molecule has 2 N–H and O–H groups in total. The van der Waals surface area contributed by atoms with Crippen LogP contribution in [0.1, 0.15) is 33.4 Å². The number of aliphatic hydroxyl groups is 1. The van der Waals surface area contributed by atoms with Crippen molar-refractivity contribution in [3.63, 3.8) is 0 Å². The maximum atomic E-state index is 13.7. The van der Waals surface area contributed by atoms with Crippen molar-refractivity contribution in [1.29, 1.82) is 5.26 Å². The molecule has 3 heterocycles. The molecule has 0 saturated carbocycles. The highest BCUT2D eigenvalue weighted by molar-refractivity contribution is 7.48. The van der Waals surface area contributed by atoms with Gasteiger partial charge in [-0.15, -0.1) is 6.58 Å². The Kier molecular flexibility index (Phi) is 11.0. The molecule has 42 heavy (non-hydrogen) atoms. The fraction of sp³-hybridized carbons (Fsp3) is 0.640. The van der Waals surface area contributed by atoms with Gasteiger partial charge in [-0.05, 0) is 18.1 Å². The molecule has 1 saturated heterocycles. The van der Waals surface area contributed by atoms with Gasteiger partial charge in [-0.1, -0.05) is 26.8 Å². The molecule has 0 amide bonds. The van der Waals surface area contributed by atoms with Gasteiger partial charge in [-0.3, -0.25) is 27.9 Å². The summed E-state index contributed by atoms with van der Waals surface area (Å²) in [4.78, 5) is 30.0. The van der Waals surface area contributed by atoms with Crippen molar-refractivity contribution in [1.82, 2.24) is 24.4 Å². The number of hydrogen-bond donors (Lipinski definition) is 2. The standard InChI is InChI=1S/C25H40N7O8PSi/c1-9-12-36-41(35,37-13-10-11-26)39-19-17(14-33)38-23(20(19)40-42(7,8)25(2,3)4)32-16-27-18-21(32)29-24(30-22(18)34)28-15-31(5)6/h9,15-17,19-20,23,33H,1,10,12-14H2,2-8H3,(H,29,30,34)/t17-,19-,20-,23-,41?/m1/s1. The summed E-state index contributed by atoms with van der Waals surface area (Å²) in [5.74, 6) is 0.0440. The van der Waals surface area contributed by atoms with Crippen LogP contribution in [0.25, 0.3) is 11.2 Å². The van der Waals surface area contributed by atoms with Crippen LogP contribution >= 0.6 is 7.82 Å². The summed E-state index contributed by atoms with van der Waals surface area (Å²) in [6.07, 6.45) is -0.00240. The molecule has 0 aliphatic carbocycles. The average molecular weight is 626 g/mol. The predicted octanol–water partition coefficient (Wildman–Crippen LogP) is 3.25. The van der Waals surface area contributed by atoms with Crippen LogP contribution in [0.5, 0.6) is 0 Å². The molecule has 1 aliphatic rings. The highest BCUT2D eigenvalue weighted by atomic mass is 31.2. The Hall–Kier alpha value is -2.74. The van der Waals surface area contributed by atoms with Gasteiger partial charge in [0.05, 0.1) is 45.0 Å². The highest BCUT2D eigenvalue weighted by Crippen LogP contribution is 2.54. The van der Waals surface area contributed by atoms with Gasteiger partial charge in [0.2, 0.25) is 5.95 Å². The Bertz CT molecular complexity index is 1410. The van der Waals surface area contributed by atoms with E-state index in [1.807, 2.05) is 19.2 Å². The smallest absolute Gasteiger partial charge is 0.407 e. The van der Waals surface area contributed by atoms with Crippen molar-refractivity contribution >= 4 is 39.6 Å². The Balaban J connectivity index is 2.14. The van der Waals surface area contributed by atoms with Crippen molar-refractivity contribution in [2.45, 2.75) is 69.9 Å². The van der Waals surface area contributed by atoms with Gasteiger partial charge in [0.15, 0.2) is 25.7 Å². The molecule has 0 spiro atoms. The first-order valence-corrected chi connectivity index (χ1v) is 17.7. The third kappa shape index (κ3) is 7.80. The number of nitrogens with zero attached hydrogens (tertiary/aromatic N) is 6. The predicted molar refractivity (Wildman–Crippen MR) is 158 cm³/mol. The van der Waals surface area contributed by atoms with Gasteiger partial charge in [0.25, 0.3) is 5.56 Å². The second-order valence-electron chi connectivity index (χ2n) is 11.4. The van der Waals surface area contributed by atoms with Gasteiger partial charge < -0.3 is 19.2 Å². The molecule has 2 aromatic heterocycles. The summed E-state index contributed by atoms with van der Waals surface area (Å²) in [6.45, 7) is 12.9. The van der Waals surface area contributed by atoms with E-state index in [-0.39, 0.29) is 41.8 Å². The molecule has 0 aromatic carbocycles. The van der Waals surface area contributed by atoms with Crippen LogP contribution in [0.3, 0.4) is 0 Å². The normalized spacial score (nSPS) is 22.8. The first kappa shape index (κ1) is 33.8. The van der Waals surface area contributed by atoms with Crippen LogP contribution in [-0.2, 0) is 27.3 Å². The number of nitriles is 1. The van der Waals surface area contributed by atoms with E-state index in [2.05, 4.69) is 47.3 Å². The second kappa shape index (κ2) is 13.7. The number of aromatic nitrogens is 4. The molecule has 0 bridgehead atoms. The average Bonchev–Trinajstić information content (AvgIpc) is 3.47. The van der Waals surface area contributed by atoms with Crippen molar-refractivity contribution in [3.8, 4) is 6.07 Å². The molecular weight excluding hydrogens is 585 g/mol. The number of aliphatic hydroxyl groups excluding tert-OH is 1. The fourth-order valence-corrected chi connectivity index (χ4v) is 6.41. The number of phosphoric ester groups is 1. The number of aliphatic imine (C=N–C) groups is 1. The number of phosphoric acid groups is 1. The summed E-state index contributed by atoms with van der Waals surface area (Å²) in [6, 6.07) is 1.91. The number of fused-ring (bicyclic) bond motifs is 1. The van der Waals surface area contributed by atoms with E-state index in [9.17, 15) is 14.5 Å². The molecule has 17 heteroatoms. The van der Waals surface area contributed by atoms with Crippen LogP contribution in [0.4, 0.5) is 5.95 Å². The number of rotatable bonds is 14. The number of imidazole rings is 1.